The molecular weight excluding hydrogens is 401 g/mol. The normalized spacial score (nSPS) is 14.7. The van der Waals surface area contributed by atoms with Crippen LogP contribution in [0.25, 0.3) is 0 Å². The Hall–Kier alpha value is -2.09. The monoisotopic (exact) mass is 421 g/mol. The largest absolute Gasteiger partial charge is 0.339 e. The molecule has 5 nitrogen and oxygen atoms in total. The molecule has 1 heterocycles. The van der Waals surface area contributed by atoms with Crippen LogP contribution < -0.4 is 5.32 Å². The minimum Gasteiger partial charge on any atom is -0.339 e. The number of hydrogen-bond acceptors (Lipinski definition) is 4. The summed E-state index contributed by atoms with van der Waals surface area (Å²) < 4.78 is 12.9. The maximum Gasteiger partial charge on any atom is 0.238 e. The molecule has 0 unspecified atom stereocenters. The van der Waals surface area contributed by atoms with Gasteiger partial charge in [0.2, 0.25) is 11.8 Å². The summed E-state index contributed by atoms with van der Waals surface area (Å²) in [4.78, 5) is 29.3. The summed E-state index contributed by atoms with van der Waals surface area (Å²) in [5.74, 6) is -0.0816. The molecule has 1 fully saturated rings. The van der Waals surface area contributed by atoms with Gasteiger partial charge in [0.1, 0.15) is 5.82 Å². The van der Waals surface area contributed by atoms with Crippen LogP contribution in [0.15, 0.2) is 53.4 Å². The standard InChI is InChI=1S/C20H21ClFN3O2S/c21-17-3-1-2-4-18(17)28-14-20(27)25-11-9-24(10-12-25)13-19(26)23-16-7-5-15(22)6-8-16/h1-8H,9-14H2,(H,23,26). The molecule has 148 valence electrons. The molecule has 0 saturated carbocycles. The van der Waals surface area contributed by atoms with E-state index >= 15 is 0 Å². The quantitative estimate of drug-likeness (QED) is 0.727. The summed E-state index contributed by atoms with van der Waals surface area (Å²) in [5.41, 5.74) is 0.566. The highest BCUT2D eigenvalue weighted by Crippen LogP contribution is 2.26. The highest BCUT2D eigenvalue weighted by atomic mass is 35.5. The lowest BCUT2D eigenvalue weighted by Crippen LogP contribution is -2.50. The summed E-state index contributed by atoms with van der Waals surface area (Å²) >= 11 is 7.55. The molecular formula is C20H21ClFN3O2S. The molecule has 0 bridgehead atoms. The fourth-order valence-corrected chi connectivity index (χ4v) is 4.03. The van der Waals surface area contributed by atoms with Crippen molar-refractivity contribution in [2.75, 3.05) is 43.8 Å². The summed E-state index contributed by atoms with van der Waals surface area (Å²) in [7, 11) is 0. The minimum atomic E-state index is -0.341. The van der Waals surface area contributed by atoms with Gasteiger partial charge < -0.3 is 10.2 Å². The van der Waals surface area contributed by atoms with Gasteiger partial charge in [0.05, 0.1) is 17.3 Å². The van der Waals surface area contributed by atoms with Crippen molar-refractivity contribution in [3.8, 4) is 0 Å². The van der Waals surface area contributed by atoms with Crippen molar-refractivity contribution >= 4 is 40.9 Å². The first kappa shape index (κ1) is 20.6. The van der Waals surface area contributed by atoms with E-state index in [2.05, 4.69) is 5.32 Å². The first-order valence-corrected chi connectivity index (χ1v) is 10.3. The van der Waals surface area contributed by atoms with E-state index in [1.54, 1.807) is 0 Å². The number of nitrogens with zero attached hydrogens (tertiary/aromatic N) is 2. The third kappa shape index (κ3) is 5.95. The molecule has 2 aromatic carbocycles. The van der Waals surface area contributed by atoms with Crippen LogP contribution >= 0.6 is 23.4 Å². The molecule has 8 heteroatoms. The van der Waals surface area contributed by atoms with Gasteiger partial charge in [-0.25, -0.2) is 4.39 Å². The number of thioether (sulfide) groups is 1. The number of anilines is 1. The van der Waals surface area contributed by atoms with Crippen molar-refractivity contribution in [1.29, 1.82) is 0 Å². The molecule has 0 aliphatic carbocycles. The van der Waals surface area contributed by atoms with Crippen LogP contribution in [-0.4, -0.2) is 60.1 Å². The number of carbonyl (C=O) groups excluding carboxylic acids is 2. The second kappa shape index (κ2) is 9.91. The van der Waals surface area contributed by atoms with Gasteiger partial charge >= 0.3 is 0 Å². The first-order chi connectivity index (χ1) is 13.5. The average Bonchev–Trinajstić information content (AvgIpc) is 2.69. The van der Waals surface area contributed by atoms with E-state index in [1.807, 2.05) is 34.1 Å². The Balaban J connectivity index is 1.40. The number of amides is 2. The van der Waals surface area contributed by atoms with E-state index in [4.69, 9.17) is 11.6 Å². The van der Waals surface area contributed by atoms with Gasteiger partial charge in [0, 0.05) is 36.8 Å². The van der Waals surface area contributed by atoms with Gasteiger partial charge in [0.15, 0.2) is 0 Å². The second-order valence-electron chi connectivity index (χ2n) is 6.43. The molecule has 3 rings (SSSR count). The Kier molecular flexibility index (Phi) is 7.30. The lowest BCUT2D eigenvalue weighted by molar-refractivity contribution is -0.130. The number of rotatable bonds is 6. The summed E-state index contributed by atoms with van der Waals surface area (Å²) in [5, 5.41) is 3.40. The highest BCUT2D eigenvalue weighted by Gasteiger charge is 2.22. The van der Waals surface area contributed by atoms with Gasteiger partial charge in [-0.3, -0.25) is 14.5 Å². The second-order valence-corrected chi connectivity index (χ2v) is 7.86. The number of benzene rings is 2. The third-order valence-electron chi connectivity index (χ3n) is 4.41. The summed E-state index contributed by atoms with van der Waals surface area (Å²) in [6, 6.07) is 13.1. The SMILES string of the molecule is O=C(CN1CCN(C(=O)CSc2ccccc2Cl)CC1)Nc1ccc(F)cc1. The lowest BCUT2D eigenvalue weighted by Gasteiger charge is -2.34. The Bertz CT molecular complexity index is 826. The van der Waals surface area contributed by atoms with E-state index in [-0.39, 0.29) is 24.2 Å². The van der Waals surface area contributed by atoms with Crippen LogP contribution in [0, 0.1) is 5.82 Å². The van der Waals surface area contributed by atoms with E-state index in [1.165, 1.54) is 36.0 Å². The number of halogens is 2. The van der Waals surface area contributed by atoms with Gasteiger partial charge in [-0.2, -0.15) is 0 Å². The highest BCUT2D eigenvalue weighted by molar-refractivity contribution is 8.00. The lowest BCUT2D eigenvalue weighted by atomic mass is 10.3. The number of piperazine rings is 1. The Morgan fingerprint density at radius 1 is 1.04 bits per heavy atom. The molecule has 1 saturated heterocycles. The third-order valence-corrected chi connectivity index (χ3v) is 5.91. The zero-order valence-corrected chi connectivity index (χ0v) is 16.8. The van der Waals surface area contributed by atoms with E-state index in [9.17, 15) is 14.0 Å². The number of carbonyl (C=O) groups is 2. The zero-order chi connectivity index (χ0) is 19.9. The maximum absolute atomic E-state index is 12.9. The first-order valence-electron chi connectivity index (χ1n) is 8.94. The number of hydrogen-bond donors (Lipinski definition) is 1. The van der Waals surface area contributed by atoms with E-state index in [0.717, 1.165) is 4.90 Å². The van der Waals surface area contributed by atoms with Crippen LogP contribution in [0.3, 0.4) is 0 Å². The van der Waals surface area contributed by atoms with Crippen molar-refractivity contribution in [3.63, 3.8) is 0 Å². The van der Waals surface area contributed by atoms with Gasteiger partial charge in [0.25, 0.3) is 0 Å². The molecule has 0 atom stereocenters. The topological polar surface area (TPSA) is 52.7 Å². The van der Waals surface area contributed by atoms with E-state index < -0.39 is 0 Å². The van der Waals surface area contributed by atoms with Crippen LogP contribution in [0.5, 0.6) is 0 Å². The predicted molar refractivity (Wildman–Crippen MR) is 110 cm³/mol. The minimum absolute atomic E-state index is 0.0698. The van der Waals surface area contributed by atoms with Crippen molar-refractivity contribution in [3.05, 3.63) is 59.4 Å². The van der Waals surface area contributed by atoms with Gasteiger partial charge in [-0.1, -0.05) is 23.7 Å². The fourth-order valence-electron chi connectivity index (χ4n) is 2.88. The van der Waals surface area contributed by atoms with Gasteiger partial charge in [-0.15, -0.1) is 11.8 Å². The van der Waals surface area contributed by atoms with Crippen LogP contribution in [0.1, 0.15) is 0 Å². The zero-order valence-electron chi connectivity index (χ0n) is 15.2. The smallest absolute Gasteiger partial charge is 0.238 e. The Labute approximate surface area is 172 Å². The summed E-state index contributed by atoms with van der Waals surface area (Å²) in [6.07, 6.45) is 0. The van der Waals surface area contributed by atoms with Gasteiger partial charge in [-0.05, 0) is 36.4 Å². The van der Waals surface area contributed by atoms with Crippen molar-refractivity contribution in [2.24, 2.45) is 0 Å². The van der Waals surface area contributed by atoms with Crippen molar-refractivity contribution < 1.29 is 14.0 Å². The maximum atomic E-state index is 12.9. The molecule has 28 heavy (non-hydrogen) atoms. The van der Waals surface area contributed by atoms with Crippen LogP contribution in [-0.2, 0) is 9.59 Å². The Morgan fingerprint density at radius 2 is 1.71 bits per heavy atom. The molecule has 1 N–H and O–H groups in total. The van der Waals surface area contributed by atoms with Crippen LogP contribution in [0.2, 0.25) is 5.02 Å². The molecule has 1 aliphatic heterocycles. The molecule has 1 aliphatic rings. The fraction of sp³-hybridized carbons (Fsp3) is 0.300. The average molecular weight is 422 g/mol. The predicted octanol–water partition coefficient (Wildman–Crippen LogP) is 3.35. The molecule has 0 radical (unpaired) electrons. The number of nitrogens with one attached hydrogen (secondary N) is 1. The molecule has 2 aromatic rings. The molecule has 0 spiro atoms. The Morgan fingerprint density at radius 3 is 2.39 bits per heavy atom. The van der Waals surface area contributed by atoms with Crippen molar-refractivity contribution in [2.45, 2.75) is 4.90 Å². The van der Waals surface area contributed by atoms with Crippen molar-refractivity contribution in [1.82, 2.24) is 9.80 Å². The summed E-state index contributed by atoms with van der Waals surface area (Å²) in [6.45, 7) is 2.70. The van der Waals surface area contributed by atoms with Crippen LogP contribution in [0.4, 0.5) is 10.1 Å². The molecule has 2 amide bonds. The molecule has 0 aromatic heterocycles. The van der Waals surface area contributed by atoms with E-state index in [0.29, 0.717) is 42.6 Å².